The number of carbonyl (C=O) groups is 4. The quantitative estimate of drug-likeness (QED) is 0.230. The van der Waals surface area contributed by atoms with Crippen LogP contribution >= 0.6 is 0 Å². The topological polar surface area (TPSA) is 211 Å². The monoisotopic (exact) mass is 487 g/mol. The van der Waals surface area contributed by atoms with Crippen LogP contribution in [-0.2, 0) is 14.4 Å². The maximum Gasteiger partial charge on any atom is 0.326 e. The van der Waals surface area contributed by atoms with Gasteiger partial charge in [-0.25, -0.2) is 4.79 Å². The molecular weight excluding hydrogens is 462 g/mol. The highest BCUT2D eigenvalue weighted by atomic mass is 16.4. The molecule has 2 aromatic rings. The third kappa shape index (κ3) is 5.85. The van der Waals surface area contributed by atoms with Crippen molar-refractivity contribution < 1.29 is 29.4 Å². The van der Waals surface area contributed by atoms with E-state index in [0.29, 0.717) is 25.2 Å². The number of hydrogen-bond acceptors (Lipinski definition) is 9. The van der Waals surface area contributed by atoms with Gasteiger partial charge in [0.25, 0.3) is 11.5 Å². The lowest BCUT2D eigenvalue weighted by atomic mass is 10.1. The van der Waals surface area contributed by atoms with Crippen molar-refractivity contribution in [1.29, 1.82) is 0 Å². The molecule has 2 atom stereocenters. The van der Waals surface area contributed by atoms with E-state index in [-0.39, 0.29) is 29.4 Å². The van der Waals surface area contributed by atoms with Crippen LogP contribution < -0.4 is 31.7 Å². The summed E-state index contributed by atoms with van der Waals surface area (Å²) in [5.41, 5.74) is 5.98. The summed E-state index contributed by atoms with van der Waals surface area (Å²) in [6, 6.07) is 4.55. The third-order valence-electron chi connectivity index (χ3n) is 5.49. The fourth-order valence-electron chi connectivity index (χ4n) is 3.69. The van der Waals surface area contributed by atoms with E-state index in [1.54, 1.807) is 19.2 Å². The molecule has 186 valence electrons. The molecule has 14 nitrogen and oxygen atoms in total. The van der Waals surface area contributed by atoms with E-state index >= 15 is 0 Å². The number of carboxylic acids is 2. The van der Waals surface area contributed by atoms with Crippen molar-refractivity contribution in [2.24, 2.45) is 0 Å². The fraction of sp³-hybridized carbons (Fsp3) is 0.333. The molecule has 0 spiro atoms. The van der Waals surface area contributed by atoms with E-state index in [9.17, 15) is 29.1 Å². The number of carbonyl (C=O) groups excluding carboxylic acids is 2. The SMILES string of the molecule is CN(CC1CNc2nc(N)[nH]c(=O)c2N1C=O)c1ccc(C(=O)N[C@@H](CCC(=O)O)C(=O)O)cc1. The fourth-order valence-corrected chi connectivity index (χ4v) is 3.69. The van der Waals surface area contributed by atoms with Gasteiger partial charge < -0.3 is 36.4 Å². The Morgan fingerprint density at radius 2 is 2.00 bits per heavy atom. The summed E-state index contributed by atoms with van der Waals surface area (Å²) in [5.74, 6) is -2.98. The number of aromatic nitrogens is 2. The number of likely N-dealkylation sites (N-methyl/N-ethyl adjacent to an activating group) is 1. The molecule has 3 rings (SSSR count). The zero-order valence-electron chi connectivity index (χ0n) is 18.7. The van der Waals surface area contributed by atoms with E-state index in [2.05, 4.69) is 20.6 Å². The molecule has 2 heterocycles. The highest BCUT2D eigenvalue weighted by Crippen LogP contribution is 2.26. The normalized spacial score (nSPS) is 15.3. The number of nitrogens with two attached hydrogens (primary N) is 1. The predicted molar refractivity (Wildman–Crippen MR) is 126 cm³/mol. The Morgan fingerprint density at radius 3 is 2.60 bits per heavy atom. The summed E-state index contributed by atoms with van der Waals surface area (Å²) in [6.07, 6.45) is -0.0789. The molecule has 2 amide bonds. The van der Waals surface area contributed by atoms with Crippen molar-refractivity contribution in [3.63, 3.8) is 0 Å². The number of nitrogens with zero attached hydrogens (tertiary/aromatic N) is 3. The Morgan fingerprint density at radius 1 is 1.31 bits per heavy atom. The van der Waals surface area contributed by atoms with Crippen LogP contribution in [0.1, 0.15) is 23.2 Å². The van der Waals surface area contributed by atoms with Crippen molar-refractivity contribution in [2.75, 3.05) is 41.0 Å². The second kappa shape index (κ2) is 10.5. The lowest BCUT2D eigenvalue weighted by molar-refractivity contribution is -0.140. The maximum atomic E-state index is 12.4. The molecule has 0 fully saturated rings. The van der Waals surface area contributed by atoms with Gasteiger partial charge in [0.1, 0.15) is 6.04 Å². The van der Waals surface area contributed by atoms with Crippen molar-refractivity contribution in [3.05, 3.63) is 40.2 Å². The number of aliphatic carboxylic acids is 2. The van der Waals surface area contributed by atoms with Crippen molar-refractivity contribution in [2.45, 2.75) is 24.9 Å². The number of carboxylic acid groups (broad SMARTS) is 2. The van der Waals surface area contributed by atoms with Crippen LogP contribution in [-0.4, -0.2) is 76.7 Å². The van der Waals surface area contributed by atoms with Crippen molar-refractivity contribution >= 4 is 47.4 Å². The maximum absolute atomic E-state index is 12.4. The molecule has 1 unspecified atom stereocenters. The van der Waals surface area contributed by atoms with E-state index in [4.69, 9.17) is 10.8 Å². The molecule has 1 aliphatic heterocycles. The molecule has 1 aromatic carbocycles. The molecule has 0 bridgehead atoms. The number of hydrogen-bond donors (Lipinski definition) is 6. The Labute approximate surface area is 198 Å². The smallest absolute Gasteiger partial charge is 0.326 e. The number of amides is 2. The highest BCUT2D eigenvalue weighted by molar-refractivity contribution is 5.97. The van der Waals surface area contributed by atoms with Gasteiger partial charge in [-0.2, -0.15) is 4.98 Å². The number of fused-ring (bicyclic) bond motifs is 1. The minimum absolute atomic E-state index is 0.0663. The van der Waals surface area contributed by atoms with Crippen molar-refractivity contribution in [3.8, 4) is 0 Å². The highest BCUT2D eigenvalue weighted by Gasteiger charge is 2.31. The Balaban J connectivity index is 1.67. The average molecular weight is 487 g/mol. The molecule has 7 N–H and O–H groups in total. The van der Waals surface area contributed by atoms with Gasteiger partial charge in [0, 0.05) is 37.8 Å². The van der Waals surface area contributed by atoms with E-state index in [1.807, 2.05) is 4.90 Å². The summed E-state index contributed by atoms with van der Waals surface area (Å²) >= 11 is 0. The van der Waals surface area contributed by atoms with Crippen LogP contribution in [0.4, 0.5) is 23.1 Å². The van der Waals surface area contributed by atoms with Crippen LogP contribution in [0.2, 0.25) is 0 Å². The summed E-state index contributed by atoms with van der Waals surface area (Å²) in [7, 11) is 1.77. The molecule has 35 heavy (non-hydrogen) atoms. The molecule has 1 aliphatic rings. The van der Waals surface area contributed by atoms with Crippen molar-refractivity contribution in [1.82, 2.24) is 15.3 Å². The molecule has 1 aromatic heterocycles. The first-order chi connectivity index (χ1) is 16.6. The zero-order valence-corrected chi connectivity index (χ0v) is 18.7. The number of H-pyrrole nitrogens is 1. The minimum Gasteiger partial charge on any atom is -0.481 e. The minimum atomic E-state index is -1.33. The van der Waals surface area contributed by atoms with Gasteiger partial charge in [0.05, 0.1) is 6.04 Å². The van der Waals surface area contributed by atoms with Gasteiger partial charge in [-0.05, 0) is 30.7 Å². The second-order valence-electron chi connectivity index (χ2n) is 7.92. The lowest BCUT2D eigenvalue weighted by Crippen LogP contribution is -2.51. The second-order valence-corrected chi connectivity index (χ2v) is 7.92. The van der Waals surface area contributed by atoms with Gasteiger partial charge in [-0.15, -0.1) is 0 Å². The summed E-state index contributed by atoms with van der Waals surface area (Å²) in [5, 5.41) is 23.3. The van der Waals surface area contributed by atoms with Crippen LogP contribution in [0.3, 0.4) is 0 Å². The van der Waals surface area contributed by atoms with Gasteiger partial charge in [0.15, 0.2) is 11.5 Å². The molecule has 0 saturated heterocycles. The van der Waals surface area contributed by atoms with Crippen LogP contribution in [0, 0.1) is 0 Å². The summed E-state index contributed by atoms with van der Waals surface area (Å²) < 4.78 is 0. The van der Waals surface area contributed by atoms with E-state index in [0.717, 1.165) is 0 Å². The Hall–Kier alpha value is -4.62. The number of rotatable bonds is 10. The molecule has 14 heteroatoms. The van der Waals surface area contributed by atoms with Crippen LogP contribution in [0.15, 0.2) is 29.1 Å². The molecular formula is C21H25N7O7. The first-order valence-electron chi connectivity index (χ1n) is 10.5. The van der Waals surface area contributed by atoms with Crippen LogP contribution in [0.25, 0.3) is 0 Å². The first kappa shape index (κ1) is 25.0. The van der Waals surface area contributed by atoms with E-state index in [1.165, 1.54) is 17.0 Å². The van der Waals surface area contributed by atoms with Gasteiger partial charge in [-0.3, -0.25) is 24.2 Å². The largest absolute Gasteiger partial charge is 0.481 e. The molecule has 0 saturated carbocycles. The zero-order chi connectivity index (χ0) is 25.7. The van der Waals surface area contributed by atoms with Gasteiger partial charge in [0.2, 0.25) is 12.4 Å². The number of aromatic amines is 1. The van der Waals surface area contributed by atoms with Crippen LogP contribution in [0.5, 0.6) is 0 Å². The number of nitrogens with one attached hydrogen (secondary N) is 3. The summed E-state index contributed by atoms with van der Waals surface area (Å²) in [6.45, 7) is 0.649. The Bertz CT molecular complexity index is 1180. The Kier molecular flexibility index (Phi) is 7.53. The van der Waals surface area contributed by atoms with Gasteiger partial charge in [-0.1, -0.05) is 0 Å². The lowest BCUT2D eigenvalue weighted by Gasteiger charge is -2.36. The number of benzene rings is 1. The third-order valence-corrected chi connectivity index (χ3v) is 5.49. The predicted octanol–water partition coefficient (Wildman–Crippen LogP) is -0.707. The molecule has 0 aliphatic carbocycles. The first-order valence-corrected chi connectivity index (χ1v) is 10.5. The molecule has 0 radical (unpaired) electrons. The standard InChI is InChI=1S/C21H25N7O7/c1-27(9-13-8-23-17-16(28(13)10-29)19(33)26-21(22)25-17)12-4-2-11(3-5-12)18(32)24-14(20(34)35)6-7-15(30)31/h2-5,10,13-14H,6-9H2,1H3,(H,24,32)(H,30,31)(H,34,35)(H4,22,23,25,26,33)/t13?,14-/m0/s1. The average Bonchev–Trinajstić information content (AvgIpc) is 2.81. The van der Waals surface area contributed by atoms with Gasteiger partial charge >= 0.3 is 11.9 Å². The number of nitrogen functional groups attached to an aromatic ring is 1. The number of anilines is 4. The summed E-state index contributed by atoms with van der Waals surface area (Å²) in [4.78, 5) is 68.0. The van der Waals surface area contributed by atoms with E-state index < -0.39 is 41.9 Å².